The van der Waals surface area contributed by atoms with Crippen LogP contribution in [0.4, 0.5) is 0 Å². The molecule has 0 heterocycles. The van der Waals surface area contributed by atoms with Crippen molar-refractivity contribution < 1.29 is 17.7 Å². The standard InChI is InChI=1S/C14H30O4Si/c1-7-15-19(16-8-2,17-9-3)18-13-11-14(5,6)10-12(13)4/h12-13H,7-11H2,1-6H3/t12-,13+/m1/s1. The van der Waals surface area contributed by atoms with Gasteiger partial charge >= 0.3 is 9.05 Å². The first-order valence-electron chi connectivity index (χ1n) is 7.47. The maximum Gasteiger partial charge on any atom is 0.679 e. The molecule has 0 aromatic rings. The number of rotatable bonds is 8. The van der Waals surface area contributed by atoms with Crippen molar-refractivity contribution in [3.05, 3.63) is 0 Å². The van der Waals surface area contributed by atoms with Gasteiger partial charge in [0.2, 0.25) is 0 Å². The Hall–Kier alpha value is 0.0569. The van der Waals surface area contributed by atoms with Crippen LogP contribution in [-0.2, 0) is 17.7 Å². The highest BCUT2D eigenvalue weighted by atomic mass is 28.4. The van der Waals surface area contributed by atoms with Gasteiger partial charge in [0.25, 0.3) is 0 Å². The van der Waals surface area contributed by atoms with Gasteiger partial charge in [-0.25, -0.2) is 0 Å². The van der Waals surface area contributed by atoms with E-state index in [9.17, 15) is 0 Å². The van der Waals surface area contributed by atoms with Gasteiger partial charge in [-0.05, 0) is 44.9 Å². The topological polar surface area (TPSA) is 36.9 Å². The summed E-state index contributed by atoms with van der Waals surface area (Å²) < 4.78 is 23.5. The maximum atomic E-state index is 6.24. The molecule has 19 heavy (non-hydrogen) atoms. The molecule has 0 unspecified atom stereocenters. The average Bonchev–Trinajstić information content (AvgIpc) is 2.52. The Morgan fingerprint density at radius 2 is 1.42 bits per heavy atom. The lowest BCUT2D eigenvalue weighted by atomic mass is 9.91. The van der Waals surface area contributed by atoms with E-state index in [4.69, 9.17) is 17.7 Å². The molecule has 5 heteroatoms. The fourth-order valence-electron chi connectivity index (χ4n) is 2.93. The maximum absolute atomic E-state index is 6.24. The molecule has 4 nitrogen and oxygen atoms in total. The Labute approximate surface area is 119 Å². The van der Waals surface area contributed by atoms with Crippen LogP contribution < -0.4 is 0 Å². The van der Waals surface area contributed by atoms with Gasteiger partial charge < -0.3 is 17.7 Å². The van der Waals surface area contributed by atoms with Crippen LogP contribution in [-0.4, -0.2) is 35.0 Å². The Bertz CT molecular complexity index is 253. The van der Waals surface area contributed by atoms with Crippen LogP contribution in [0.3, 0.4) is 0 Å². The molecule has 1 fully saturated rings. The Kier molecular flexibility index (Phi) is 6.46. The minimum Gasteiger partial charge on any atom is -0.351 e. The minimum absolute atomic E-state index is 0.173. The predicted octanol–water partition coefficient (Wildman–Crippen LogP) is 3.37. The first-order valence-corrected chi connectivity index (χ1v) is 9.11. The van der Waals surface area contributed by atoms with E-state index in [1.54, 1.807) is 0 Å². The highest BCUT2D eigenvalue weighted by Gasteiger charge is 2.50. The van der Waals surface area contributed by atoms with E-state index in [2.05, 4.69) is 20.8 Å². The van der Waals surface area contributed by atoms with Crippen LogP contribution >= 0.6 is 0 Å². The second-order valence-corrected chi connectivity index (χ2v) is 8.11. The third-order valence-corrected chi connectivity index (χ3v) is 6.04. The van der Waals surface area contributed by atoms with Crippen molar-refractivity contribution in [1.82, 2.24) is 0 Å². The molecule has 114 valence electrons. The van der Waals surface area contributed by atoms with Gasteiger partial charge in [-0.1, -0.05) is 20.8 Å². The zero-order valence-corrected chi connectivity index (χ0v) is 14.3. The molecule has 0 aromatic heterocycles. The quantitative estimate of drug-likeness (QED) is 0.642. The SMILES string of the molecule is CCO[Si](OCC)(OCC)O[C@H]1CC(C)(C)C[C@H]1C. The van der Waals surface area contributed by atoms with Gasteiger partial charge in [0.1, 0.15) is 0 Å². The monoisotopic (exact) mass is 290 g/mol. The molecule has 0 saturated heterocycles. The molecule has 0 spiro atoms. The summed E-state index contributed by atoms with van der Waals surface area (Å²) in [6, 6.07) is 0. The summed E-state index contributed by atoms with van der Waals surface area (Å²) in [5, 5.41) is 0. The lowest BCUT2D eigenvalue weighted by molar-refractivity contribution is -0.0575. The van der Waals surface area contributed by atoms with Crippen molar-refractivity contribution in [2.75, 3.05) is 19.8 Å². The second-order valence-electron chi connectivity index (χ2n) is 6.01. The van der Waals surface area contributed by atoms with E-state index >= 15 is 0 Å². The van der Waals surface area contributed by atoms with E-state index in [0.717, 1.165) is 6.42 Å². The molecule has 1 aliphatic rings. The Morgan fingerprint density at radius 1 is 0.947 bits per heavy atom. The molecular weight excluding hydrogens is 260 g/mol. The zero-order valence-electron chi connectivity index (χ0n) is 13.3. The van der Waals surface area contributed by atoms with Crippen molar-refractivity contribution in [2.24, 2.45) is 11.3 Å². The summed E-state index contributed by atoms with van der Waals surface area (Å²) in [5.74, 6) is 0.517. The molecule has 2 atom stereocenters. The summed E-state index contributed by atoms with van der Waals surface area (Å²) in [4.78, 5) is 0. The number of hydrogen-bond acceptors (Lipinski definition) is 4. The summed E-state index contributed by atoms with van der Waals surface area (Å²) >= 11 is 0. The summed E-state index contributed by atoms with van der Waals surface area (Å²) in [7, 11) is -2.96. The molecule has 1 saturated carbocycles. The number of hydrogen-bond donors (Lipinski definition) is 0. The van der Waals surface area contributed by atoms with Gasteiger partial charge in [-0.2, -0.15) is 0 Å². The van der Waals surface area contributed by atoms with E-state index in [0.29, 0.717) is 31.2 Å². The van der Waals surface area contributed by atoms with Crippen LogP contribution in [0.25, 0.3) is 0 Å². The second kappa shape index (κ2) is 7.18. The van der Waals surface area contributed by atoms with Gasteiger partial charge in [-0.15, -0.1) is 0 Å². The highest BCUT2D eigenvalue weighted by Crippen LogP contribution is 2.43. The summed E-state index contributed by atoms with van der Waals surface area (Å²) in [5.41, 5.74) is 0.328. The van der Waals surface area contributed by atoms with Crippen molar-refractivity contribution in [2.45, 2.75) is 60.5 Å². The van der Waals surface area contributed by atoms with Gasteiger partial charge in [0.15, 0.2) is 0 Å². The molecule has 0 N–H and O–H groups in total. The lowest BCUT2D eigenvalue weighted by Gasteiger charge is -2.31. The van der Waals surface area contributed by atoms with E-state index in [-0.39, 0.29) is 6.10 Å². The Balaban J connectivity index is 2.75. The fraction of sp³-hybridized carbons (Fsp3) is 1.00. The fourth-order valence-corrected chi connectivity index (χ4v) is 5.13. The summed E-state index contributed by atoms with van der Waals surface area (Å²) in [6.45, 7) is 14.3. The van der Waals surface area contributed by atoms with Gasteiger partial charge in [0, 0.05) is 19.8 Å². The van der Waals surface area contributed by atoms with E-state index in [1.165, 1.54) is 6.42 Å². The van der Waals surface area contributed by atoms with Crippen molar-refractivity contribution in [3.8, 4) is 0 Å². The van der Waals surface area contributed by atoms with Gasteiger partial charge in [0.05, 0.1) is 6.10 Å². The van der Waals surface area contributed by atoms with Crippen LogP contribution in [0.15, 0.2) is 0 Å². The summed E-state index contributed by atoms with van der Waals surface area (Å²) in [6.07, 6.45) is 2.38. The molecule has 0 radical (unpaired) electrons. The molecule has 0 bridgehead atoms. The van der Waals surface area contributed by atoms with Crippen LogP contribution in [0, 0.1) is 11.3 Å². The van der Waals surface area contributed by atoms with Crippen molar-refractivity contribution in [1.29, 1.82) is 0 Å². The highest BCUT2D eigenvalue weighted by molar-refractivity contribution is 6.53. The van der Waals surface area contributed by atoms with Gasteiger partial charge in [-0.3, -0.25) is 0 Å². The molecule has 1 aliphatic carbocycles. The zero-order chi connectivity index (χ0) is 14.5. The minimum atomic E-state index is -2.96. The smallest absolute Gasteiger partial charge is 0.351 e. The first kappa shape index (κ1) is 17.1. The third kappa shape index (κ3) is 4.83. The lowest BCUT2D eigenvalue weighted by Crippen LogP contribution is -2.52. The third-order valence-electron chi connectivity index (χ3n) is 3.52. The predicted molar refractivity (Wildman–Crippen MR) is 77.7 cm³/mol. The van der Waals surface area contributed by atoms with E-state index < -0.39 is 9.05 Å². The first-order chi connectivity index (χ1) is 8.88. The molecule has 1 rings (SSSR count). The van der Waals surface area contributed by atoms with Crippen LogP contribution in [0.2, 0.25) is 0 Å². The molecular formula is C14H30O4Si. The molecule has 0 aliphatic heterocycles. The van der Waals surface area contributed by atoms with Crippen molar-refractivity contribution >= 4 is 9.05 Å². The van der Waals surface area contributed by atoms with Crippen molar-refractivity contribution in [3.63, 3.8) is 0 Å². The van der Waals surface area contributed by atoms with Crippen LogP contribution in [0.5, 0.6) is 0 Å². The Morgan fingerprint density at radius 3 is 1.74 bits per heavy atom. The van der Waals surface area contributed by atoms with E-state index in [1.807, 2.05) is 20.8 Å². The van der Waals surface area contributed by atoms with Crippen LogP contribution in [0.1, 0.15) is 54.4 Å². The average molecular weight is 290 g/mol. The largest absolute Gasteiger partial charge is 0.679 e. The normalized spacial score (nSPS) is 26.8. The molecule has 0 aromatic carbocycles. The molecule has 0 amide bonds.